The molecule has 0 aliphatic carbocycles. The van der Waals surface area contributed by atoms with Crippen LogP contribution in [0.5, 0.6) is 0 Å². The van der Waals surface area contributed by atoms with Crippen molar-refractivity contribution in [2.75, 3.05) is 5.32 Å². The van der Waals surface area contributed by atoms with Crippen molar-refractivity contribution in [2.24, 2.45) is 0 Å². The highest BCUT2D eigenvalue weighted by Gasteiger charge is 2.10. The second-order valence-electron chi connectivity index (χ2n) is 4.51. The van der Waals surface area contributed by atoms with E-state index in [9.17, 15) is 4.79 Å². The Bertz CT molecular complexity index is 640. The number of nitrogens with one attached hydrogen (secondary N) is 1. The van der Waals surface area contributed by atoms with Crippen molar-refractivity contribution in [1.82, 2.24) is 4.98 Å². The van der Waals surface area contributed by atoms with Gasteiger partial charge in [-0.25, -0.2) is 4.98 Å². The third-order valence-corrected chi connectivity index (χ3v) is 4.51. The molecule has 0 bridgehead atoms. The van der Waals surface area contributed by atoms with E-state index in [-0.39, 0.29) is 6.42 Å². The lowest BCUT2D eigenvalue weighted by Gasteiger charge is -2.06. The molecule has 0 saturated carbocycles. The fourth-order valence-corrected chi connectivity index (χ4v) is 3.27. The first-order valence-corrected chi connectivity index (χ1v) is 7.78. The van der Waals surface area contributed by atoms with Crippen molar-refractivity contribution < 1.29 is 9.90 Å². The molecule has 20 heavy (non-hydrogen) atoms. The summed E-state index contributed by atoms with van der Waals surface area (Å²) in [5, 5.41) is 12.8. The van der Waals surface area contributed by atoms with Crippen LogP contribution in [0.3, 0.4) is 0 Å². The molecule has 2 N–H and O–H groups in total. The number of hydrogen-bond donors (Lipinski definition) is 2. The van der Waals surface area contributed by atoms with Crippen molar-refractivity contribution in [1.29, 1.82) is 0 Å². The lowest BCUT2D eigenvalue weighted by molar-refractivity contribution is -0.136. The second kappa shape index (κ2) is 6.37. The quantitative estimate of drug-likeness (QED) is 0.840. The number of aryl methyl sites for hydroxylation is 3. The molecule has 4 nitrogen and oxygen atoms in total. The molecule has 0 saturated heterocycles. The molecule has 1 aromatic carbocycles. The van der Waals surface area contributed by atoms with Gasteiger partial charge in [-0.1, -0.05) is 15.9 Å². The SMILES string of the molecule is Cc1cc(Br)ccc1Nc1nc(C)c(CCC(=O)O)s1. The zero-order chi connectivity index (χ0) is 14.7. The summed E-state index contributed by atoms with van der Waals surface area (Å²) < 4.78 is 1.04. The van der Waals surface area contributed by atoms with E-state index in [1.807, 2.05) is 32.0 Å². The third kappa shape index (κ3) is 3.80. The summed E-state index contributed by atoms with van der Waals surface area (Å²) in [6.07, 6.45) is 0.666. The molecule has 0 amide bonds. The van der Waals surface area contributed by atoms with Gasteiger partial charge in [0.25, 0.3) is 0 Å². The lowest BCUT2D eigenvalue weighted by atomic mass is 10.2. The van der Waals surface area contributed by atoms with Gasteiger partial charge >= 0.3 is 5.97 Å². The molecule has 0 unspecified atom stereocenters. The molecule has 1 heterocycles. The molecule has 1 aromatic heterocycles. The zero-order valence-electron chi connectivity index (χ0n) is 11.2. The van der Waals surface area contributed by atoms with Gasteiger partial charge in [0.05, 0.1) is 12.1 Å². The second-order valence-corrected chi connectivity index (χ2v) is 6.50. The van der Waals surface area contributed by atoms with Crippen LogP contribution in [0, 0.1) is 13.8 Å². The van der Waals surface area contributed by atoms with Crippen molar-refractivity contribution >= 4 is 44.1 Å². The highest BCUT2D eigenvalue weighted by atomic mass is 79.9. The van der Waals surface area contributed by atoms with Gasteiger partial charge in [-0.15, -0.1) is 11.3 Å². The van der Waals surface area contributed by atoms with Crippen molar-refractivity contribution in [3.05, 3.63) is 38.8 Å². The Balaban J connectivity index is 2.13. The number of aromatic nitrogens is 1. The summed E-state index contributed by atoms with van der Waals surface area (Å²) in [6, 6.07) is 6.00. The number of carbonyl (C=O) groups is 1. The van der Waals surface area contributed by atoms with Crippen LogP contribution >= 0.6 is 27.3 Å². The Hall–Kier alpha value is -1.40. The number of thiazole rings is 1. The predicted molar refractivity (Wildman–Crippen MR) is 85.0 cm³/mol. The van der Waals surface area contributed by atoms with Crippen LogP contribution in [-0.4, -0.2) is 16.1 Å². The highest BCUT2D eigenvalue weighted by Crippen LogP contribution is 2.29. The number of nitrogens with zero attached hydrogens (tertiary/aromatic N) is 1. The molecule has 6 heteroatoms. The van der Waals surface area contributed by atoms with Gasteiger partial charge in [0.2, 0.25) is 0 Å². The van der Waals surface area contributed by atoms with Crippen LogP contribution in [0.15, 0.2) is 22.7 Å². The third-order valence-electron chi connectivity index (χ3n) is 2.89. The first kappa shape index (κ1) is 15.0. The molecule has 0 atom stereocenters. The smallest absolute Gasteiger partial charge is 0.303 e. The van der Waals surface area contributed by atoms with Crippen molar-refractivity contribution in [3.8, 4) is 0 Å². The van der Waals surface area contributed by atoms with Gasteiger partial charge < -0.3 is 10.4 Å². The van der Waals surface area contributed by atoms with Gasteiger partial charge in [-0.2, -0.15) is 0 Å². The number of halogens is 1. The van der Waals surface area contributed by atoms with Gasteiger partial charge in [0, 0.05) is 15.0 Å². The number of anilines is 2. The molecule has 2 rings (SSSR count). The zero-order valence-corrected chi connectivity index (χ0v) is 13.6. The first-order chi connectivity index (χ1) is 9.45. The van der Waals surface area contributed by atoms with E-state index in [0.717, 1.165) is 31.4 Å². The summed E-state index contributed by atoms with van der Waals surface area (Å²) in [4.78, 5) is 16.1. The molecule has 0 aliphatic heterocycles. The highest BCUT2D eigenvalue weighted by molar-refractivity contribution is 9.10. The van der Waals surface area contributed by atoms with Crippen molar-refractivity contribution in [3.63, 3.8) is 0 Å². The van der Waals surface area contributed by atoms with Gasteiger partial charge in [-0.3, -0.25) is 4.79 Å². The maximum absolute atomic E-state index is 10.6. The molecule has 2 aromatic rings. The number of carboxylic acid groups (broad SMARTS) is 1. The van der Waals surface area contributed by atoms with Crippen molar-refractivity contribution in [2.45, 2.75) is 26.7 Å². The number of benzene rings is 1. The molecule has 106 valence electrons. The van der Waals surface area contributed by atoms with E-state index in [0.29, 0.717) is 6.42 Å². The molecular weight excluding hydrogens is 340 g/mol. The predicted octanol–water partition coefficient (Wildman–Crippen LogP) is 4.28. The summed E-state index contributed by atoms with van der Waals surface area (Å²) in [5.74, 6) is -0.781. The minimum atomic E-state index is -0.781. The molecular formula is C14H15BrN2O2S. The molecule has 0 spiro atoms. The minimum Gasteiger partial charge on any atom is -0.481 e. The standard InChI is InChI=1S/C14H15BrN2O2S/c1-8-7-10(15)3-4-11(8)17-14-16-9(2)12(20-14)5-6-13(18)19/h3-4,7H,5-6H2,1-2H3,(H,16,17)(H,18,19). The topological polar surface area (TPSA) is 62.2 Å². The van der Waals surface area contributed by atoms with Gasteiger partial charge in [-0.05, 0) is 44.0 Å². The van der Waals surface area contributed by atoms with Gasteiger partial charge in [0.15, 0.2) is 5.13 Å². The number of aliphatic carboxylic acids is 1. The Labute approximate surface area is 130 Å². The number of hydrogen-bond acceptors (Lipinski definition) is 4. The fourth-order valence-electron chi connectivity index (χ4n) is 1.82. The summed E-state index contributed by atoms with van der Waals surface area (Å²) in [7, 11) is 0. The fraction of sp³-hybridized carbons (Fsp3) is 0.286. The maximum atomic E-state index is 10.6. The Morgan fingerprint density at radius 2 is 2.20 bits per heavy atom. The van der Waals surface area contributed by atoms with Crippen LogP contribution in [-0.2, 0) is 11.2 Å². The minimum absolute atomic E-state index is 0.139. The Morgan fingerprint density at radius 1 is 1.45 bits per heavy atom. The summed E-state index contributed by atoms with van der Waals surface area (Å²) in [5.41, 5.74) is 3.03. The Morgan fingerprint density at radius 3 is 2.85 bits per heavy atom. The maximum Gasteiger partial charge on any atom is 0.303 e. The lowest BCUT2D eigenvalue weighted by Crippen LogP contribution is -1.96. The number of carboxylic acids is 1. The summed E-state index contributed by atoms with van der Waals surface area (Å²) in [6.45, 7) is 3.94. The van der Waals surface area contributed by atoms with E-state index in [1.165, 1.54) is 11.3 Å². The average molecular weight is 355 g/mol. The summed E-state index contributed by atoms with van der Waals surface area (Å²) >= 11 is 4.95. The van der Waals surface area contributed by atoms with E-state index < -0.39 is 5.97 Å². The van der Waals surface area contributed by atoms with E-state index in [2.05, 4.69) is 26.2 Å². The number of rotatable bonds is 5. The van der Waals surface area contributed by atoms with Crippen LogP contribution in [0.2, 0.25) is 0 Å². The van der Waals surface area contributed by atoms with E-state index >= 15 is 0 Å². The normalized spacial score (nSPS) is 10.6. The molecule has 0 aliphatic rings. The van der Waals surface area contributed by atoms with Crippen LogP contribution in [0.4, 0.5) is 10.8 Å². The van der Waals surface area contributed by atoms with Crippen LogP contribution < -0.4 is 5.32 Å². The average Bonchev–Trinajstić information content (AvgIpc) is 2.71. The molecule has 0 radical (unpaired) electrons. The first-order valence-electron chi connectivity index (χ1n) is 6.17. The van der Waals surface area contributed by atoms with Crippen LogP contribution in [0.1, 0.15) is 22.6 Å². The van der Waals surface area contributed by atoms with E-state index in [4.69, 9.17) is 5.11 Å². The van der Waals surface area contributed by atoms with Crippen LogP contribution in [0.25, 0.3) is 0 Å². The Kier molecular flexibility index (Phi) is 4.77. The van der Waals surface area contributed by atoms with E-state index in [1.54, 1.807) is 0 Å². The van der Waals surface area contributed by atoms with Gasteiger partial charge in [0.1, 0.15) is 0 Å². The monoisotopic (exact) mass is 354 g/mol. The largest absolute Gasteiger partial charge is 0.481 e. The molecule has 0 fully saturated rings.